The first kappa shape index (κ1) is 16.4. The van der Waals surface area contributed by atoms with Gasteiger partial charge >= 0.3 is 0 Å². The Bertz CT molecular complexity index is 203. The molecule has 3 heterocycles. The van der Waals surface area contributed by atoms with E-state index in [-0.39, 0.29) is 34.0 Å². The van der Waals surface area contributed by atoms with E-state index < -0.39 is 0 Å². The number of fused-ring (bicyclic) bond motifs is 3. The first-order valence-corrected chi connectivity index (χ1v) is 5.66. The molecule has 0 saturated carbocycles. The normalized spacial score (nSPS) is 35.8. The lowest BCUT2D eigenvalue weighted by Gasteiger charge is -2.55. The van der Waals surface area contributed by atoms with Crippen LogP contribution in [0.1, 0.15) is 0 Å². The van der Waals surface area contributed by atoms with E-state index in [1.54, 1.807) is 0 Å². The Kier molecular flexibility index (Phi) is 6.48. The zero-order valence-electron chi connectivity index (χ0n) is 9.88. The molecular formula is C12H22Br2N2. The number of hydrogen-bond donors (Lipinski definition) is 0. The number of quaternary nitrogens is 2. The average molecular weight is 354 g/mol. The summed E-state index contributed by atoms with van der Waals surface area (Å²) in [4.78, 5) is 0. The van der Waals surface area contributed by atoms with Gasteiger partial charge in [0.2, 0.25) is 0 Å². The van der Waals surface area contributed by atoms with Crippen LogP contribution in [0.15, 0.2) is 25.3 Å². The fraction of sp³-hybridized carbons (Fsp3) is 0.667. The fourth-order valence-electron chi connectivity index (χ4n) is 3.04. The quantitative estimate of drug-likeness (QED) is 0.351. The van der Waals surface area contributed by atoms with Crippen molar-refractivity contribution >= 4 is 0 Å². The molecule has 0 amide bonds. The number of piperazine rings is 3. The van der Waals surface area contributed by atoms with Crippen molar-refractivity contribution in [3.8, 4) is 0 Å². The maximum atomic E-state index is 3.88. The molecule has 0 aromatic heterocycles. The van der Waals surface area contributed by atoms with Gasteiger partial charge in [0.25, 0.3) is 0 Å². The van der Waals surface area contributed by atoms with Crippen LogP contribution < -0.4 is 34.0 Å². The third kappa shape index (κ3) is 2.97. The van der Waals surface area contributed by atoms with Crippen LogP contribution in [0.25, 0.3) is 0 Å². The number of rotatable bonds is 4. The number of hydrogen-bond acceptors (Lipinski definition) is 0. The zero-order valence-corrected chi connectivity index (χ0v) is 13.0. The van der Waals surface area contributed by atoms with Gasteiger partial charge in [-0.25, -0.2) is 0 Å². The summed E-state index contributed by atoms with van der Waals surface area (Å²) in [6.07, 6.45) is 4.19. The molecule has 3 rings (SSSR count). The summed E-state index contributed by atoms with van der Waals surface area (Å²) in [5.74, 6) is 0. The second-order valence-corrected chi connectivity index (χ2v) is 4.97. The summed E-state index contributed by atoms with van der Waals surface area (Å²) >= 11 is 0. The highest BCUT2D eigenvalue weighted by molar-refractivity contribution is 4.74. The van der Waals surface area contributed by atoms with E-state index in [1.807, 2.05) is 0 Å². The van der Waals surface area contributed by atoms with Gasteiger partial charge in [-0.2, -0.15) is 0 Å². The highest BCUT2D eigenvalue weighted by atomic mass is 79.9. The lowest BCUT2D eigenvalue weighted by Crippen LogP contribution is -3.00. The maximum Gasteiger partial charge on any atom is 0.129 e. The average Bonchev–Trinajstić information content (AvgIpc) is 2.22. The zero-order chi connectivity index (χ0) is 10.1. The van der Waals surface area contributed by atoms with Crippen molar-refractivity contribution < 1.29 is 42.9 Å². The highest BCUT2D eigenvalue weighted by Gasteiger charge is 2.47. The molecule has 0 radical (unpaired) electrons. The SMILES string of the molecule is C=CC[N+]12CC[N+](CC=C)(CC1)CC2.[Br-].[Br-]. The Morgan fingerprint density at radius 1 is 0.688 bits per heavy atom. The van der Waals surface area contributed by atoms with Crippen LogP contribution >= 0.6 is 0 Å². The molecule has 0 unspecified atom stereocenters. The third-order valence-corrected chi connectivity index (χ3v) is 4.18. The van der Waals surface area contributed by atoms with Gasteiger partial charge in [-0.05, 0) is 12.2 Å². The van der Waals surface area contributed by atoms with Crippen LogP contribution in [0, 0.1) is 0 Å². The molecule has 0 aliphatic carbocycles. The molecule has 94 valence electrons. The minimum atomic E-state index is 0. The predicted octanol–water partition coefficient (Wildman–Crippen LogP) is -4.97. The maximum absolute atomic E-state index is 3.88. The van der Waals surface area contributed by atoms with Crippen molar-refractivity contribution in [1.29, 1.82) is 0 Å². The van der Waals surface area contributed by atoms with E-state index in [4.69, 9.17) is 0 Å². The molecule has 2 bridgehead atoms. The minimum absolute atomic E-state index is 0. The molecule has 2 nitrogen and oxygen atoms in total. The van der Waals surface area contributed by atoms with Crippen molar-refractivity contribution in [3.05, 3.63) is 25.3 Å². The van der Waals surface area contributed by atoms with Crippen molar-refractivity contribution in [2.24, 2.45) is 0 Å². The van der Waals surface area contributed by atoms with E-state index in [0.29, 0.717) is 0 Å². The summed E-state index contributed by atoms with van der Waals surface area (Å²) < 4.78 is 2.61. The molecule has 16 heavy (non-hydrogen) atoms. The smallest absolute Gasteiger partial charge is 0.129 e. The molecule has 0 spiro atoms. The van der Waals surface area contributed by atoms with Gasteiger partial charge in [-0.1, -0.05) is 13.2 Å². The highest BCUT2D eigenvalue weighted by Crippen LogP contribution is 2.26. The van der Waals surface area contributed by atoms with Crippen LogP contribution in [0.2, 0.25) is 0 Å². The van der Waals surface area contributed by atoms with E-state index in [2.05, 4.69) is 25.3 Å². The molecule has 0 atom stereocenters. The second-order valence-electron chi connectivity index (χ2n) is 4.97. The summed E-state index contributed by atoms with van der Waals surface area (Å²) in [6.45, 7) is 18.2. The lowest BCUT2D eigenvalue weighted by atomic mass is 10.1. The van der Waals surface area contributed by atoms with Crippen LogP contribution in [-0.2, 0) is 0 Å². The number of nitrogens with zero attached hydrogens (tertiary/aromatic N) is 2. The van der Waals surface area contributed by atoms with Gasteiger partial charge in [-0.15, -0.1) is 0 Å². The van der Waals surface area contributed by atoms with Crippen molar-refractivity contribution in [1.82, 2.24) is 0 Å². The summed E-state index contributed by atoms with van der Waals surface area (Å²) in [6, 6.07) is 0. The standard InChI is InChI=1S/C12H22N2.2BrH/c1-3-5-13-7-10-14(6-4-2,11-8-13)12-9-13;;/h3-4H,1-2,5-12H2;2*1H/q+2;;/p-2. The summed E-state index contributed by atoms with van der Waals surface area (Å²) in [7, 11) is 0. The van der Waals surface area contributed by atoms with E-state index >= 15 is 0 Å². The van der Waals surface area contributed by atoms with Crippen LogP contribution in [0.4, 0.5) is 0 Å². The molecule has 3 saturated heterocycles. The number of halogens is 2. The summed E-state index contributed by atoms with van der Waals surface area (Å²) in [5, 5.41) is 0. The van der Waals surface area contributed by atoms with Gasteiger partial charge in [0.05, 0.1) is 13.1 Å². The molecule has 3 aliphatic heterocycles. The van der Waals surface area contributed by atoms with Crippen molar-refractivity contribution in [2.45, 2.75) is 0 Å². The van der Waals surface area contributed by atoms with Crippen LogP contribution in [0.5, 0.6) is 0 Å². The molecule has 0 aromatic carbocycles. The fourth-order valence-corrected chi connectivity index (χ4v) is 3.04. The molecule has 3 fully saturated rings. The van der Waals surface area contributed by atoms with Crippen molar-refractivity contribution in [3.63, 3.8) is 0 Å². The van der Waals surface area contributed by atoms with Crippen LogP contribution in [-0.4, -0.2) is 61.3 Å². The van der Waals surface area contributed by atoms with Gasteiger partial charge in [0.1, 0.15) is 39.3 Å². The van der Waals surface area contributed by atoms with Gasteiger partial charge in [0, 0.05) is 0 Å². The molecule has 4 heteroatoms. The van der Waals surface area contributed by atoms with Crippen molar-refractivity contribution in [2.75, 3.05) is 52.4 Å². The van der Waals surface area contributed by atoms with Gasteiger partial charge in [-0.3, -0.25) is 0 Å². The second kappa shape index (κ2) is 6.34. The topological polar surface area (TPSA) is 0 Å². The van der Waals surface area contributed by atoms with E-state index in [1.165, 1.54) is 61.3 Å². The van der Waals surface area contributed by atoms with E-state index in [0.717, 1.165) is 0 Å². The summed E-state index contributed by atoms with van der Waals surface area (Å²) in [5.41, 5.74) is 0. The minimum Gasteiger partial charge on any atom is -1.00 e. The van der Waals surface area contributed by atoms with E-state index in [9.17, 15) is 0 Å². The first-order chi connectivity index (χ1) is 6.74. The Hall–Kier alpha value is 0.360. The Labute approximate surface area is 120 Å². The lowest BCUT2D eigenvalue weighted by molar-refractivity contribution is -1.08. The third-order valence-electron chi connectivity index (χ3n) is 4.18. The monoisotopic (exact) mass is 352 g/mol. The Morgan fingerprint density at radius 2 is 0.938 bits per heavy atom. The molecular weight excluding hydrogens is 332 g/mol. The van der Waals surface area contributed by atoms with Gasteiger partial charge < -0.3 is 42.9 Å². The predicted molar refractivity (Wildman–Crippen MR) is 59.9 cm³/mol. The first-order valence-electron chi connectivity index (χ1n) is 5.66. The molecule has 3 aliphatic rings. The Morgan fingerprint density at radius 3 is 1.12 bits per heavy atom. The molecule has 0 aromatic rings. The van der Waals surface area contributed by atoms with Crippen LogP contribution in [0.3, 0.4) is 0 Å². The molecule has 0 N–H and O–H groups in total. The van der Waals surface area contributed by atoms with Gasteiger partial charge in [0.15, 0.2) is 0 Å². The largest absolute Gasteiger partial charge is 1.00 e. The Balaban J connectivity index is 0.00000112.